The molecule has 0 spiro atoms. The van der Waals surface area contributed by atoms with E-state index in [4.69, 9.17) is 14.2 Å². The van der Waals surface area contributed by atoms with Gasteiger partial charge in [0.25, 0.3) is 0 Å². The number of aliphatic carboxylic acids is 1. The van der Waals surface area contributed by atoms with Crippen LogP contribution in [0.25, 0.3) is 0 Å². The monoisotopic (exact) mass is 893 g/mol. The van der Waals surface area contributed by atoms with Gasteiger partial charge in [0.2, 0.25) is 0 Å². The van der Waals surface area contributed by atoms with Crippen molar-refractivity contribution in [3.8, 4) is 0 Å². The molecule has 0 bridgehead atoms. The molecule has 0 aliphatic rings. The number of unbranched alkanes of at least 4 members (excludes halogenated alkanes) is 14. The molecule has 0 amide bonds. The van der Waals surface area contributed by atoms with E-state index in [0.29, 0.717) is 25.7 Å². The van der Waals surface area contributed by atoms with Gasteiger partial charge in [0, 0.05) is 19.3 Å². The van der Waals surface area contributed by atoms with E-state index in [-0.39, 0.29) is 36.2 Å². The van der Waals surface area contributed by atoms with E-state index >= 15 is 0 Å². The third-order valence-electron chi connectivity index (χ3n) is 10.7. The Labute approximate surface area is 392 Å². The highest BCUT2D eigenvalue weighted by atomic mass is 16.6. The number of likely N-dealkylation sites (N-methyl/N-ethyl adjacent to an activating group) is 1. The topological polar surface area (TPSA) is 99.1 Å². The largest absolute Gasteiger partial charge is 0.477 e. The van der Waals surface area contributed by atoms with Gasteiger partial charge in [-0.05, 0) is 96.3 Å². The Morgan fingerprint density at radius 2 is 0.875 bits per heavy atom. The zero-order chi connectivity index (χ0) is 47.0. The Bertz CT molecular complexity index is 1360. The first-order valence-corrected chi connectivity index (χ1v) is 25.3. The number of quaternary nitrogens is 1. The Morgan fingerprint density at radius 1 is 0.484 bits per heavy atom. The summed E-state index contributed by atoms with van der Waals surface area (Å²) in [7, 11) is 5.51. The SMILES string of the molecule is CC/C=C/C/C=C/C/C=C/CCCCCCCCCCCC(=O)OC(COCCC(C(=O)O)[N+](C)(C)C)COC(=O)CCCC/C=C/C/C=C/C/C=C/C/C=C/C/C=C/CCCCC. The van der Waals surface area contributed by atoms with Gasteiger partial charge in [0.05, 0.1) is 34.4 Å². The van der Waals surface area contributed by atoms with Gasteiger partial charge in [-0.3, -0.25) is 9.59 Å². The lowest BCUT2D eigenvalue weighted by molar-refractivity contribution is -0.887. The fourth-order valence-corrected chi connectivity index (χ4v) is 6.83. The summed E-state index contributed by atoms with van der Waals surface area (Å²) in [6, 6.07) is -0.628. The van der Waals surface area contributed by atoms with E-state index in [2.05, 4.69) is 111 Å². The minimum Gasteiger partial charge on any atom is -0.477 e. The molecule has 0 aromatic carbocycles. The molecule has 2 unspecified atom stereocenters. The van der Waals surface area contributed by atoms with E-state index < -0.39 is 18.1 Å². The molecule has 8 heteroatoms. The molecule has 0 rings (SSSR count). The van der Waals surface area contributed by atoms with Gasteiger partial charge >= 0.3 is 17.9 Å². The third-order valence-corrected chi connectivity index (χ3v) is 10.7. The van der Waals surface area contributed by atoms with E-state index in [1.165, 1.54) is 64.2 Å². The van der Waals surface area contributed by atoms with Gasteiger partial charge in [0.1, 0.15) is 6.61 Å². The van der Waals surface area contributed by atoms with E-state index in [1.54, 1.807) is 0 Å². The van der Waals surface area contributed by atoms with Crippen LogP contribution in [0.3, 0.4) is 0 Å². The normalized spacial score (nSPS) is 13.7. The van der Waals surface area contributed by atoms with Crippen molar-refractivity contribution in [2.24, 2.45) is 0 Å². The first-order valence-electron chi connectivity index (χ1n) is 25.3. The first kappa shape index (κ1) is 60.2. The van der Waals surface area contributed by atoms with Crippen LogP contribution in [-0.4, -0.2) is 80.6 Å². The minimum absolute atomic E-state index is 0.0393. The lowest BCUT2D eigenvalue weighted by atomic mass is 10.1. The molecular formula is C56H94NO7+. The van der Waals surface area contributed by atoms with Crippen molar-refractivity contribution in [2.75, 3.05) is 41.0 Å². The Kier molecular flexibility index (Phi) is 43.1. The van der Waals surface area contributed by atoms with Crippen LogP contribution in [0, 0.1) is 0 Å². The number of hydrogen-bond donors (Lipinski definition) is 1. The van der Waals surface area contributed by atoms with Gasteiger partial charge in [-0.15, -0.1) is 0 Å². The van der Waals surface area contributed by atoms with Crippen molar-refractivity contribution in [1.29, 1.82) is 0 Å². The van der Waals surface area contributed by atoms with Crippen LogP contribution in [-0.2, 0) is 28.6 Å². The van der Waals surface area contributed by atoms with Crippen LogP contribution in [0.4, 0.5) is 0 Å². The number of ether oxygens (including phenoxy) is 3. The number of carbonyl (C=O) groups excluding carboxylic acids is 2. The molecule has 0 saturated carbocycles. The number of allylic oxidation sites excluding steroid dienone is 16. The van der Waals surface area contributed by atoms with Crippen LogP contribution in [0.2, 0.25) is 0 Å². The molecule has 0 fully saturated rings. The summed E-state index contributed by atoms with van der Waals surface area (Å²) in [5, 5.41) is 9.65. The van der Waals surface area contributed by atoms with E-state index in [9.17, 15) is 19.5 Å². The van der Waals surface area contributed by atoms with Gasteiger partial charge in [-0.1, -0.05) is 169 Å². The second kappa shape index (κ2) is 45.8. The predicted octanol–water partition coefficient (Wildman–Crippen LogP) is 14.6. The molecular weight excluding hydrogens is 799 g/mol. The summed E-state index contributed by atoms with van der Waals surface area (Å²) in [5.74, 6) is -1.54. The molecule has 0 saturated heterocycles. The standard InChI is InChI=1S/C56H93NO7/c1-6-8-10-12-14-16-18-20-22-24-26-27-29-30-32-34-36-38-40-42-44-46-54(58)63-51-52(50-62-49-48-53(56(60)61)57(3,4)5)64-55(59)47-45-43-41-39-37-35-33-31-28-25-23-21-19-17-15-13-11-9-7-2/h9,11,14-17,20-23,26-27,30,32,36,38,52-53H,6-8,10,12-13,18-19,24-25,28-29,31,33-35,37,39-51H2,1-5H3/p+1/b11-9+,16-14+,17-15+,22-20+,23-21+,27-26+,32-30+,38-36+. The molecule has 0 aliphatic carbocycles. The summed E-state index contributed by atoms with van der Waals surface area (Å²) < 4.78 is 17.3. The lowest BCUT2D eigenvalue weighted by Crippen LogP contribution is -2.50. The van der Waals surface area contributed by atoms with Gasteiger partial charge in [-0.2, -0.15) is 0 Å². The summed E-state index contributed by atoms with van der Waals surface area (Å²) in [6.45, 7) is 4.54. The van der Waals surface area contributed by atoms with Gasteiger partial charge < -0.3 is 23.8 Å². The maximum Gasteiger partial charge on any atom is 0.362 e. The highest BCUT2D eigenvalue weighted by Gasteiger charge is 2.31. The number of rotatable bonds is 44. The zero-order valence-electron chi connectivity index (χ0n) is 41.4. The van der Waals surface area contributed by atoms with Crippen molar-refractivity contribution in [3.05, 3.63) is 97.2 Å². The molecule has 64 heavy (non-hydrogen) atoms. The molecule has 8 nitrogen and oxygen atoms in total. The number of nitrogens with zero attached hydrogens (tertiary/aromatic N) is 1. The average Bonchev–Trinajstić information content (AvgIpc) is 3.26. The molecule has 0 aliphatic heterocycles. The second-order valence-corrected chi connectivity index (χ2v) is 17.7. The molecule has 0 heterocycles. The number of carboxylic acid groups (broad SMARTS) is 1. The number of hydrogen-bond acceptors (Lipinski definition) is 6. The maximum absolute atomic E-state index is 12.8. The van der Waals surface area contributed by atoms with Crippen molar-refractivity contribution < 1.29 is 38.2 Å². The Balaban J connectivity index is 4.37. The predicted molar refractivity (Wildman–Crippen MR) is 270 cm³/mol. The van der Waals surface area contributed by atoms with Crippen LogP contribution >= 0.6 is 0 Å². The summed E-state index contributed by atoms with van der Waals surface area (Å²) in [4.78, 5) is 37.1. The fourth-order valence-electron chi connectivity index (χ4n) is 6.83. The number of carbonyl (C=O) groups is 3. The second-order valence-electron chi connectivity index (χ2n) is 17.7. The Hall–Kier alpha value is -3.75. The molecule has 0 radical (unpaired) electrons. The van der Waals surface area contributed by atoms with Gasteiger partial charge in [0.15, 0.2) is 12.1 Å². The smallest absolute Gasteiger partial charge is 0.362 e. The maximum atomic E-state index is 12.8. The summed E-state index contributed by atoms with van der Waals surface area (Å²) in [5.41, 5.74) is 0. The molecule has 1 N–H and O–H groups in total. The quantitative estimate of drug-likeness (QED) is 0.0281. The van der Waals surface area contributed by atoms with Crippen molar-refractivity contribution >= 4 is 17.9 Å². The minimum atomic E-state index is -0.885. The first-order chi connectivity index (χ1) is 31.1. The highest BCUT2D eigenvalue weighted by molar-refractivity contribution is 5.72. The van der Waals surface area contributed by atoms with E-state index in [1.807, 2.05) is 21.1 Å². The van der Waals surface area contributed by atoms with E-state index in [0.717, 1.165) is 83.5 Å². The van der Waals surface area contributed by atoms with Crippen LogP contribution in [0.15, 0.2) is 97.2 Å². The van der Waals surface area contributed by atoms with Gasteiger partial charge in [-0.25, -0.2) is 4.79 Å². The van der Waals surface area contributed by atoms with Crippen LogP contribution in [0.5, 0.6) is 0 Å². The summed E-state index contributed by atoms with van der Waals surface area (Å²) in [6.07, 6.45) is 61.7. The summed E-state index contributed by atoms with van der Waals surface area (Å²) >= 11 is 0. The van der Waals surface area contributed by atoms with Crippen molar-refractivity contribution in [1.82, 2.24) is 0 Å². The molecule has 364 valence electrons. The van der Waals surface area contributed by atoms with Crippen molar-refractivity contribution in [2.45, 2.75) is 199 Å². The van der Waals surface area contributed by atoms with Crippen LogP contribution in [0.1, 0.15) is 187 Å². The highest BCUT2D eigenvalue weighted by Crippen LogP contribution is 2.14. The molecule has 2 atom stereocenters. The van der Waals surface area contributed by atoms with Crippen LogP contribution < -0.4 is 0 Å². The Morgan fingerprint density at radius 3 is 1.33 bits per heavy atom. The third kappa shape index (κ3) is 43.5. The molecule has 0 aromatic rings. The lowest BCUT2D eigenvalue weighted by Gasteiger charge is -2.31. The number of carboxylic acids is 1. The number of esters is 2. The van der Waals surface area contributed by atoms with Crippen molar-refractivity contribution in [3.63, 3.8) is 0 Å². The zero-order valence-corrected chi connectivity index (χ0v) is 41.4. The average molecular weight is 893 g/mol. The molecule has 0 aromatic heterocycles. The fraction of sp³-hybridized carbons (Fsp3) is 0.661.